The molecule has 0 aromatic heterocycles. The molecule has 0 bridgehead atoms. The van der Waals surface area contributed by atoms with Crippen LogP contribution in [-0.4, -0.2) is 12.2 Å². The SMILES string of the molecule is COc1ccc2c(c1)NC(=S)NC2. The first kappa shape index (κ1) is 8.31. The first-order valence-corrected chi connectivity index (χ1v) is 4.42. The summed E-state index contributed by atoms with van der Waals surface area (Å²) < 4.78 is 5.11. The van der Waals surface area contributed by atoms with Gasteiger partial charge in [-0.15, -0.1) is 0 Å². The minimum Gasteiger partial charge on any atom is -0.497 e. The van der Waals surface area contributed by atoms with Crippen molar-refractivity contribution in [1.29, 1.82) is 0 Å². The molecule has 1 aliphatic rings. The minimum absolute atomic E-state index is 0.667. The quantitative estimate of drug-likeness (QED) is 0.664. The number of anilines is 1. The molecule has 1 aliphatic heterocycles. The summed E-state index contributed by atoms with van der Waals surface area (Å²) in [6, 6.07) is 5.91. The van der Waals surface area contributed by atoms with Gasteiger partial charge in [-0.25, -0.2) is 0 Å². The highest BCUT2D eigenvalue weighted by molar-refractivity contribution is 7.80. The van der Waals surface area contributed by atoms with Gasteiger partial charge in [-0.05, 0) is 23.8 Å². The molecule has 0 radical (unpaired) electrons. The third-order valence-corrected chi connectivity index (χ3v) is 2.25. The predicted octanol–water partition coefficient (Wildman–Crippen LogP) is 1.50. The maximum absolute atomic E-state index is 5.11. The molecule has 3 nitrogen and oxygen atoms in total. The molecule has 0 atom stereocenters. The Morgan fingerprint density at radius 1 is 1.46 bits per heavy atom. The second-order valence-electron chi connectivity index (χ2n) is 2.83. The van der Waals surface area contributed by atoms with E-state index in [2.05, 4.69) is 10.6 Å². The standard InChI is InChI=1S/C9H10N2OS/c1-12-7-3-2-6-5-10-9(13)11-8(6)4-7/h2-4H,5H2,1H3,(H2,10,11,13). The van der Waals surface area contributed by atoms with Crippen molar-refractivity contribution in [2.45, 2.75) is 6.54 Å². The van der Waals surface area contributed by atoms with Gasteiger partial charge in [0.2, 0.25) is 0 Å². The fourth-order valence-electron chi connectivity index (χ4n) is 1.30. The van der Waals surface area contributed by atoms with Gasteiger partial charge in [-0.3, -0.25) is 0 Å². The van der Waals surface area contributed by atoms with Crippen LogP contribution in [0.25, 0.3) is 0 Å². The molecule has 1 heterocycles. The van der Waals surface area contributed by atoms with Crippen molar-refractivity contribution in [3.63, 3.8) is 0 Å². The lowest BCUT2D eigenvalue weighted by molar-refractivity contribution is 0.415. The van der Waals surface area contributed by atoms with E-state index in [9.17, 15) is 0 Å². The topological polar surface area (TPSA) is 33.3 Å². The van der Waals surface area contributed by atoms with Gasteiger partial charge in [-0.1, -0.05) is 6.07 Å². The predicted molar refractivity (Wildman–Crippen MR) is 56.1 cm³/mol. The monoisotopic (exact) mass is 194 g/mol. The summed E-state index contributed by atoms with van der Waals surface area (Å²) in [5.74, 6) is 0.843. The number of methoxy groups -OCH3 is 1. The fourth-order valence-corrected chi connectivity index (χ4v) is 1.48. The number of rotatable bonds is 1. The molecule has 1 aromatic rings. The van der Waals surface area contributed by atoms with Crippen LogP contribution in [0.5, 0.6) is 5.75 Å². The molecule has 0 amide bonds. The van der Waals surface area contributed by atoms with E-state index in [-0.39, 0.29) is 0 Å². The highest BCUT2D eigenvalue weighted by atomic mass is 32.1. The Bertz CT molecular complexity index is 351. The largest absolute Gasteiger partial charge is 0.497 e. The van der Waals surface area contributed by atoms with Gasteiger partial charge in [0.05, 0.1) is 7.11 Å². The van der Waals surface area contributed by atoms with Crippen molar-refractivity contribution in [3.8, 4) is 5.75 Å². The molecule has 0 unspecified atom stereocenters. The van der Waals surface area contributed by atoms with Gasteiger partial charge in [0.15, 0.2) is 5.11 Å². The van der Waals surface area contributed by atoms with Crippen molar-refractivity contribution in [2.75, 3.05) is 12.4 Å². The third kappa shape index (κ3) is 1.58. The van der Waals surface area contributed by atoms with E-state index in [1.54, 1.807) is 7.11 Å². The number of thiocarbonyl (C=S) groups is 1. The molecule has 0 saturated heterocycles. The number of benzene rings is 1. The van der Waals surface area contributed by atoms with E-state index in [0.717, 1.165) is 18.0 Å². The molecular weight excluding hydrogens is 184 g/mol. The molecule has 0 saturated carbocycles. The van der Waals surface area contributed by atoms with Crippen LogP contribution in [0.1, 0.15) is 5.56 Å². The van der Waals surface area contributed by atoms with E-state index in [4.69, 9.17) is 17.0 Å². The molecular formula is C9H10N2OS. The first-order valence-electron chi connectivity index (χ1n) is 4.01. The molecule has 0 spiro atoms. The summed E-state index contributed by atoms with van der Waals surface area (Å²) in [5.41, 5.74) is 2.23. The number of hydrogen-bond donors (Lipinski definition) is 2. The highest BCUT2D eigenvalue weighted by Gasteiger charge is 2.11. The maximum atomic E-state index is 5.11. The van der Waals surface area contributed by atoms with Crippen molar-refractivity contribution < 1.29 is 4.74 Å². The van der Waals surface area contributed by atoms with Crippen LogP contribution in [-0.2, 0) is 6.54 Å². The molecule has 4 heteroatoms. The fraction of sp³-hybridized carbons (Fsp3) is 0.222. The van der Waals surface area contributed by atoms with Gasteiger partial charge in [0.1, 0.15) is 5.75 Å². The number of nitrogens with one attached hydrogen (secondary N) is 2. The van der Waals surface area contributed by atoms with Gasteiger partial charge < -0.3 is 15.4 Å². The zero-order valence-corrected chi connectivity index (χ0v) is 8.07. The molecule has 1 aromatic carbocycles. The van der Waals surface area contributed by atoms with Crippen LogP contribution in [0.2, 0.25) is 0 Å². The molecule has 13 heavy (non-hydrogen) atoms. The van der Waals surface area contributed by atoms with Crippen LogP contribution < -0.4 is 15.4 Å². The Morgan fingerprint density at radius 2 is 2.31 bits per heavy atom. The lowest BCUT2D eigenvalue weighted by Crippen LogP contribution is -2.32. The molecule has 68 valence electrons. The van der Waals surface area contributed by atoms with Crippen LogP contribution in [0, 0.1) is 0 Å². The average Bonchev–Trinajstić information content (AvgIpc) is 2.16. The van der Waals surface area contributed by atoms with E-state index in [1.807, 2.05) is 18.2 Å². The summed E-state index contributed by atoms with van der Waals surface area (Å²) in [4.78, 5) is 0. The van der Waals surface area contributed by atoms with Crippen molar-refractivity contribution >= 4 is 23.0 Å². The van der Waals surface area contributed by atoms with Crippen LogP contribution in [0.4, 0.5) is 5.69 Å². The Kier molecular flexibility index (Phi) is 2.06. The molecule has 0 aliphatic carbocycles. The number of hydrogen-bond acceptors (Lipinski definition) is 2. The number of ether oxygens (including phenoxy) is 1. The Balaban J connectivity index is 2.38. The summed E-state index contributed by atoms with van der Waals surface area (Å²) in [5, 5.41) is 6.80. The van der Waals surface area contributed by atoms with E-state index < -0.39 is 0 Å². The zero-order valence-electron chi connectivity index (χ0n) is 7.26. The van der Waals surface area contributed by atoms with Gasteiger partial charge in [0.25, 0.3) is 0 Å². The van der Waals surface area contributed by atoms with Gasteiger partial charge in [-0.2, -0.15) is 0 Å². The highest BCUT2D eigenvalue weighted by Crippen LogP contribution is 2.24. The summed E-state index contributed by atoms with van der Waals surface area (Å²) in [6.07, 6.45) is 0. The van der Waals surface area contributed by atoms with Crippen molar-refractivity contribution in [1.82, 2.24) is 5.32 Å². The zero-order chi connectivity index (χ0) is 9.26. The first-order chi connectivity index (χ1) is 6.29. The van der Waals surface area contributed by atoms with Gasteiger partial charge in [0, 0.05) is 18.3 Å². The average molecular weight is 194 g/mol. The summed E-state index contributed by atoms with van der Waals surface area (Å²) in [7, 11) is 1.65. The van der Waals surface area contributed by atoms with Crippen LogP contribution in [0.3, 0.4) is 0 Å². The Labute approximate surface area is 82.1 Å². The van der Waals surface area contributed by atoms with Crippen molar-refractivity contribution in [2.24, 2.45) is 0 Å². The summed E-state index contributed by atoms with van der Waals surface area (Å²) >= 11 is 5.00. The Morgan fingerprint density at radius 3 is 3.08 bits per heavy atom. The lowest BCUT2D eigenvalue weighted by atomic mass is 10.1. The molecule has 2 rings (SSSR count). The number of fused-ring (bicyclic) bond motifs is 1. The molecule has 0 fully saturated rings. The minimum atomic E-state index is 0.667. The van der Waals surface area contributed by atoms with Crippen molar-refractivity contribution in [3.05, 3.63) is 23.8 Å². The smallest absolute Gasteiger partial charge is 0.171 e. The normalized spacial score (nSPS) is 14.1. The van der Waals surface area contributed by atoms with E-state index in [1.165, 1.54) is 5.56 Å². The second-order valence-corrected chi connectivity index (χ2v) is 3.24. The van der Waals surface area contributed by atoms with E-state index in [0.29, 0.717) is 5.11 Å². The van der Waals surface area contributed by atoms with Crippen LogP contribution >= 0.6 is 12.2 Å². The Hall–Kier alpha value is -1.29. The lowest BCUT2D eigenvalue weighted by Gasteiger charge is -2.20. The third-order valence-electron chi connectivity index (χ3n) is 2.00. The molecule has 2 N–H and O–H groups in total. The maximum Gasteiger partial charge on any atom is 0.171 e. The summed E-state index contributed by atoms with van der Waals surface area (Å²) in [6.45, 7) is 0.783. The van der Waals surface area contributed by atoms with E-state index >= 15 is 0 Å². The van der Waals surface area contributed by atoms with Crippen LogP contribution in [0.15, 0.2) is 18.2 Å². The van der Waals surface area contributed by atoms with Gasteiger partial charge >= 0.3 is 0 Å². The second kappa shape index (κ2) is 3.22.